The Kier molecular flexibility index (Phi) is 5.57. The maximum atomic E-state index is 12.2. The summed E-state index contributed by atoms with van der Waals surface area (Å²) in [5, 5.41) is 6.83. The number of anilines is 1. The van der Waals surface area contributed by atoms with Gasteiger partial charge in [-0.1, -0.05) is 11.6 Å². The molecule has 1 N–H and O–H groups in total. The van der Waals surface area contributed by atoms with E-state index in [1.807, 2.05) is 41.8 Å². The van der Waals surface area contributed by atoms with Crippen LogP contribution in [0.15, 0.2) is 63.2 Å². The average molecular weight is 431 g/mol. The van der Waals surface area contributed by atoms with Crippen LogP contribution in [-0.4, -0.2) is 23.8 Å². The molecule has 142 valence electrons. The molecule has 1 amide bonds. The first kappa shape index (κ1) is 18.9. The molecule has 0 aliphatic carbocycles. The van der Waals surface area contributed by atoms with E-state index in [9.17, 15) is 4.79 Å². The molecule has 8 heteroatoms. The third kappa shape index (κ3) is 4.32. The number of hydrogen-bond donors (Lipinski definition) is 1. The van der Waals surface area contributed by atoms with Crippen molar-refractivity contribution in [2.24, 2.45) is 0 Å². The van der Waals surface area contributed by atoms with Crippen LogP contribution in [0, 0.1) is 0 Å². The molecule has 0 radical (unpaired) electrons. The summed E-state index contributed by atoms with van der Waals surface area (Å²) in [5.41, 5.74) is 1.44. The van der Waals surface area contributed by atoms with Crippen LogP contribution in [-0.2, 0) is 4.79 Å². The highest BCUT2D eigenvalue weighted by Crippen LogP contribution is 2.32. The zero-order valence-corrected chi connectivity index (χ0v) is 17.2. The lowest BCUT2D eigenvalue weighted by Crippen LogP contribution is -2.13. The monoisotopic (exact) mass is 430 g/mol. The van der Waals surface area contributed by atoms with Gasteiger partial charge >= 0.3 is 0 Å². The zero-order valence-electron chi connectivity index (χ0n) is 14.8. The lowest BCUT2D eigenvalue weighted by molar-refractivity contribution is -0.113. The number of benzene rings is 2. The number of halogens is 1. The molecule has 0 aliphatic rings. The molecule has 0 saturated heterocycles. The number of nitrogens with zero attached hydrogens (tertiary/aromatic N) is 1. The molecule has 4 rings (SSSR count). The van der Waals surface area contributed by atoms with Gasteiger partial charge in [0.1, 0.15) is 17.0 Å². The number of aromatic nitrogens is 1. The van der Waals surface area contributed by atoms with Crippen molar-refractivity contribution in [1.29, 1.82) is 0 Å². The Labute approximate surface area is 174 Å². The molecule has 2 aromatic heterocycles. The SMILES string of the molecule is COc1ccc2oc(-c3csc(NC(=O)CSc4ccc(Cl)cc4)n3)cc2c1. The summed E-state index contributed by atoms with van der Waals surface area (Å²) in [6, 6.07) is 14.9. The highest BCUT2D eigenvalue weighted by atomic mass is 35.5. The van der Waals surface area contributed by atoms with E-state index < -0.39 is 0 Å². The number of amides is 1. The van der Waals surface area contributed by atoms with Crippen molar-refractivity contribution in [3.8, 4) is 17.2 Å². The number of thiazole rings is 1. The molecule has 0 unspecified atom stereocenters. The Morgan fingerprint density at radius 2 is 2.07 bits per heavy atom. The number of carbonyl (C=O) groups excluding carboxylic acids is 1. The highest BCUT2D eigenvalue weighted by molar-refractivity contribution is 8.00. The van der Waals surface area contributed by atoms with Crippen LogP contribution < -0.4 is 10.1 Å². The minimum atomic E-state index is -0.116. The Balaban J connectivity index is 1.41. The Hall–Kier alpha value is -2.48. The van der Waals surface area contributed by atoms with Gasteiger partial charge in [-0.15, -0.1) is 23.1 Å². The maximum Gasteiger partial charge on any atom is 0.236 e. The second-order valence-corrected chi connectivity index (χ2v) is 8.19. The van der Waals surface area contributed by atoms with Crippen LogP contribution in [0.25, 0.3) is 22.4 Å². The number of thioether (sulfide) groups is 1. The largest absolute Gasteiger partial charge is 0.497 e. The van der Waals surface area contributed by atoms with Crippen LogP contribution in [0.3, 0.4) is 0 Å². The molecule has 4 aromatic rings. The van der Waals surface area contributed by atoms with E-state index in [0.29, 0.717) is 27.4 Å². The Morgan fingerprint density at radius 1 is 1.25 bits per heavy atom. The van der Waals surface area contributed by atoms with E-state index in [4.69, 9.17) is 20.8 Å². The van der Waals surface area contributed by atoms with Gasteiger partial charge < -0.3 is 14.5 Å². The average Bonchev–Trinajstić information content (AvgIpc) is 3.33. The first-order valence-corrected chi connectivity index (χ1v) is 10.6. The van der Waals surface area contributed by atoms with E-state index in [1.54, 1.807) is 19.2 Å². The van der Waals surface area contributed by atoms with Gasteiger partial charge in [0, 0.05) is 20.7 Å². The fourth-order valence-corrected chi connectivity index (χ4v) is 4.09. The number of methoxy groups -OCH3 is 1. The smallest absolute Gasteiger partial charge is 0.236 e. The van der Waals surface area contributed by atoms with Crippen LogP contribution in [0.5, 0.6) is 5.75 Å². The van der Waals surface area contributed by atoms with Gasteiger partial charge in [-0.25, -0.2) is 4.98 Å². The molecular formula is C20H15ClN2O3S2. The van der Waals surface area contributed by atoms with Crippen molar-refractivity contribution in [2.45, 2.75) is 4.90 Å². The third-order valence-corrected chi connectivity index (χ3v) is 5.93. The summed E-state index contributed by atoms with van der Waals surface area (Å²) in [6.45, 7) is 0. The first-order valence-electron chi connectivity index (χ1n) is 8.32. The van der Waals surface area contributed by atoms with E-state index in [-0.39, 0.29) is 5.91 Å². The number of nitrogens with one attached hydrogen (secondary N) is 1. The van der Waals surface area contributed by atoms with Gasteiger partial charge in [0.2, 0.25) is 5.91 Å². The number of rotatable bonds is 6. The van der Waals surface area contributed by atoms with Crippen LogP contribution in [0.1, 0.15) is 0 Å². The van der Waals surface area contributed by atoms with E-state index in [2.05, 4.69) is 10.3 Å². The van der Waals surface area contributed by atoms with Gasteiger partial charge in [0.05, 0.1) is 12.9 Å². The molecule has 2 aromatic carbocycles. The standard InChI is InChI=1S/C20H15ClN2O3S2/c1-25-14-4-7-17-12(8-14)9-18(26-17)16-10-28-20(22-16)23-19(24)11-27-15-5-2-13(21)3-6-15/h2-10H,11H2,1H3,(H,22,23,24). The number of hydrogen-bond acceptors (Lipinski definition) is 6. The Bertz CT molecular complexity index is 1120. The normalized spacial score (nSPS) is 10.9. The minimum Gasteiger partial charge on any atom is -0.497 e. The van der Waals surface area contributed by atoms with E-state index in [0.717, 1.165) is 21.6 Å². The van der Waals surface area contributed by atoms with E-state index in [1.165, 1.54) is 23.1 Å². The van der Waals surface area contributed by atoms with Crippen molar-refractivity contribution >= 4 is 56.7 Å². The van der Waals surface area contributed by atoms with Crippen molar-refractivity contribution in [1.82, 2.24) is 4.98 Å². The molecule has 0 saturated carbocycles. The topological polar surface area (TPSA) is 64.4 Å². The van der Waals surface area contributed by atoms with Crippen molar-refractivity contribution < 1.29 is 13.9 Å². The lowest BCUT2D eigenvalue weighted by Gasteiger charge is -2.02. The first-order chi connectivity index (χ1) is 13.6. The third-order valence-electron chi connectivity index (χ3n) is 3.91. The molecule has 28 heavy (non-hydrogen) atoms. The summed E-state index contributed by atoms with van der Waals surface area (Å²) in [4.78, 5) is 17.6. The number of furan rings is 1. The molecule has 0 aliphatic heterocycles. The molecule has 0 bridgehead atoms. The number of ether oxygens (including phenoxy) is 1. The minimum absolute atomic E-state index is 0.116. The molecule has 0 atom stereocenters. The molecule has 5 nitrogen and oxygen atoms in total. The fourth-order valence-electron chi connectivity index (χ4n) is 2.55. The predicted molar refractivity (Wildman–Crippen MR) is 115 cm³/mol. The predicted octanol–water partition coefficient (Wildman–Crippen LogP) is 5.95. The summed E-state index contributed by atoms with van der Waals surface area (Å²) >= 11 is 8.67. The summed E-state index contributed by atoms with van der Waals surface area (Å²) in [6.07, 6.45) is 0. The second-order valence-electron chi connectivity index (χ2n) is 5.84. The molecule has 0 fully saturated rings. The molecular weight excluding hydrogens is 416 g/mol. The van der Waals surface area contributed by atoms with Gasteiger partial charge in [-0.3, -0.25) is 4.79 Å². The maximum absolute atomic E-state index is 12.2. The van der Waals surface area contributed by atoms with Crippen LogP contribution in [0.4, 0.5) is 5.13 Å². The van der Waals surface area contributed by atoms with Crippen LogP contribution in [0.2, 0.25) is 5.02 Å². The van der Waals surface area contributed by atoms with E-state index >= 15 is 0 Å². The highest BCUT2D eigenvalue weighted by Gasteiger charge is 2.13. The van der Waals surface area contributed by atoms with Gasteiger partial charge in [-0.05, 0) is 48.5 Å². The van der Waals surface area contributed by atoms with Crippen molar-refractivity contribution in [3.05, 3.63) is 58.9 Å². The number of carbonyl (C=O) groups is 1. The quantitative estimate of drug-likeness (QED) is 0.383. The Morgan fingerprint density at radius 3 is 2.86 bits per heavy atom. The zero-order chi connectivity index (χ0) is 19.5. The van der Waals surface area contributed by atoms with Crippen molar-refractivity contribution in [3.63, 3.8) is 0 Å². The van der Waals surface area contributed by atoms with Gasteiger partial charge in [0.15, 0.2) is 10.9 Å². The molecule has 2 heterocycles. The van der Waals surface area contributed by atoms with Gasteiger partial charge in [-0.2, -0.15) is 0 Å². The summed E-state index contributed by atoms with van der Waals surface area (Å²) in [7, 11) is 1.63. The lowest BCUT2D eigenvalue weighted by atomic mass is 10.2. The summed E-state index contributed by atoms with van der Waals surface area (Å²) < 4.78 is 11.1. The van der Waals surface area contributed by atoms with Gasteiger partial charge in [0.25, 0.3) is 0 Å². The fraction of sp³-hybridized carbons (Fsp3) is 0.100. The van der Waals surface area contributed by atoms with Crippen molar-refractivity contribution in [2.75, 3.05) is 18.2 Å². The summed E-state index contributed by atoms with van der Waals surface area (Å²) in [5.74, 6) is 1.59. The molecule has 0 spiro atoms. The second kappa shape index (κ2) is 8.26. The number of fused-ring (bicyclic) bond motifs is 1. The van der Waals surface area contributed by atoms with Crippen LogP contribution >= 0.6 is 34.7 Å².